The molecule has 0 unspecified atom stereocenters. The Labute approximate surface area is 177 Å². The van der Waals surface area contributed by atoms with Crippen LogP contribution < -0.4 is 10.5 Å². The zero-order chi connectivity index (χ0) is 22.0. The summed E-state index contributed by atoms with van der Waals surface area (Å²) < 4.78 is 0. The van der Waals surface area contributed by atoms with Gasteiger partial charge in [-0.1, -0.05) is 35.9 Å². The highest BCUT2D eigenvalue weighted by Crippen LogP contribution is 2.22. The summed E-state index contributed by atoms with van der Waals surface area (Å²) in [5, 5.41) is 12.0. The van der Waals surface area contributed by atoms with Crippen molar-refractivity contribution < 1.29 is 9.72 Å². The summed E-state index contributed by atoms with van der Waals surface area (Å²) in [6, 6.07) is 22.0. The summed E-state index contributed by atoms with van der Waals surface area (Å²) in [5.74, 6) is -0.432. The van der Waals surface area contributed by atoms with Crippen molar-refractivity contribution in [1.82, 2.24) is 4.98 Å². The van der Waals surface area contributed by atoms with Crippen LogP contribution in [0.3, 0.4) is 0 Å². The molecule has 0 aliphatic rings. The number of non-ortho nitro benzene ring substituents is 1. The Morgan fingerprint density at radius 3 is 2.52 bits per heavy atom. The molecular weight excluding hydrogens is 394 g/mol. The maximum atomic E-state index is 13.3. The number of nitrogens with one attached hydrogen (secondary N) is 1. The number of aryl methyl sites for hydroxylation is 1. The maximum Gasteiger partial charge on any atom is 0.270 e. The second kappa shape index (κ2) is 8.23. The molecule has 0 bridgehead atoms. The first kappa shape index (κ1) is 20.0. The van der Waals surface area contributed by atoms with Gasteiger partial charge in [0.25, 0.3) is 17.2 Å². The molecule has 0 radical (unpaired) electrons. The number of aromatic amines is 1. The van der Waals surface area contributed by atoms with Gasteiger partial charge in [0, 0.05) is 34.5 Å². The number of carbonyl (C=O) groups excluding carboxylic acids is 1. The number of benzene rings is 3. The lowest BCUT2D eigenvalue weighted by atomic mass is 10.1. The Morgan fingerprint density at radius 2 is 1.77 bits per heavy atom. The van der Waals surface area contributed by atoms with Crippen LogP contribution in [-0.4, -0.2) is 15.8 Å². The van der Waals surface area contributed by atoms with Crippen LogP contribution in [0.1, 0.15) is 21.5 Å². The Kier molecular flexibility index (Phi) is 5.32. The van der Waals surface area contributed by atoms with E-state index in [1.165, 1.54) is 29.2 Å². The number of aromatic nitrogens is 1. The monoisotopic (exact) mass is 413 g/mol. The molecule has 1 N–H and O–H groups in total. The van der Waals surface area contributed by atoms with Gasteiger partial charge in [-0.15, -0.1) is 0 Å². The first-order valence-electron chi connectivity index (χ1n) is 9.66. The molecule has 7 nitrogen and oxygen atoms in total. The number of pyridine rings is 1. The first-order valence-corrected chi connectivity index (χ1v) is 9.66. The number of nitrogens with zero attached hydrogens (tertiary/aromatic N) is 2. The lowest BCUT2D eigenvalue weighted by Crippen LogP contribution is -2.32. The zero-order valence-corrected chi connectivity index (χ0v) is 16.7. The van der Waals surface area contributed by atoms with Gasteiger partial charge in [-0.25, -0.2) is 0 Å². The van der Waals surface area contributed by atoms with E-state index in [2.05, 4.69) is 4.98 Å². The molecule has 0 spiro atoms. The topological polar surface area (TPSA) is 96.3 Å². The van der Waals surface area contributed by atoms with Crippen LogP contribution in [0.5, 0.6) is 0 Å². The molecule has 154 valence electrons. The minimum atomic E-state index is -0.542. The van der Waals surface area contributed by atoms with Crippen molar-refractivity contribution in [3.8, 4) is 0 Å². The predicted octanol–water partition coefficient (Wildman–Crippen LogP) is 4.59. The quantitative estimate of drug-likeness (QED) is 0.382. The molecule has 1 heterocycles. The van der Waals surface area contributed by atoms with Crippen LogP contribution in [0.2, 0.25) is 0 Å². The fourth-order valence-corrected chi connectivity index (χ4v) is 3.46. The van der Waals surface area contributed by atoms with Crippen LogP contribution in [-0.2, 0) is 6.54 Å². The third kappa shape index (κ3) is 4.20. The highest BCUT2D eigenvalue weighted by molar-refractivity contribution is 6.06. The van der Waals surface area contributed by atoms with Crippen molar-refractivity contribution in [1.29, 1.82) is 0 Å². The van der Waals surface area contributed by atoms with Crippen molar-refractivity contribution in [3.05, 3.63) is 116 Å². The van der Waals surface area contributed by atoms with Gasteiger partial charge in [0.1, 0.15) is 0 Å². The van der Waals surface area contributed by atoms with Gasteiger partial charge in [-0.2, -0.15) is 0 Å². The van der Waals surface area contributed by atoms with Gasteiger partial charge in [0.2, 0.25) is 0 Å². The molecule has 0 aliphatic carbocycles. The average Bonchev–Trinajstić information content (AvgIpc) is 2.78. The van der Waals surface area contributed by atoms with E-state index >= 15 is 0 Å². The maximum absolute atomic E-state index is 13.3. The molecule has 7 heteroatoms. The number of anilines is 1. The molecule has 1 amide bonds. The molecule has 0 saturated heterocycles. The summed E-state index contributed by atoms with van der Waals surface area (Å²) >= 11 is 0. The number of H-pyrrole nitrogens is 1. The summed E-state index contributed by atoms with van der Waals surface area (Å²) in [4.78, 5) is 41.0. The number of rotatable bonds is 5. The fourth-order valence-electron chi connectivity index (χ4n) is 3.46. The largest absolute Gasteiger partial charge is 0.322 e. The van der Waals surface area contributed by atoms with E-state index in [1.807, 2.05) is 31.2 Å². The highest BCUT2D eigenvalue weighted by atomic mass is 16.6. The molecule has 0 saturated carbocycles. The number of fused-ring (bicyclic) bond motifs is 1. The van der Waals surface area contributed by atoms with Gasteiger partial charge >= 0.3 is 0 Å². The SMILES string of the molecule is Cc1ccc2[nH]c(=O)c(CN(C(=O)c3cccc([N+](=O)[O-])c3)c3ccccc3)cc2c1. The number of nitro benzene ring substituents is 1. The van der Waals surface area contributed by atoms with Crippen molar-refractivity contribution in [3.63, 3.8) is 0 Å². The van der Waals surface area contributed by atoms with E-state index in [0.717, 1.165) is 16.5 Å². The number of amides is 1. The smallest absolute Gasteiger partial charge is 0.270 e. The standard InChI is InChI=1S/C24H19N3O4/c1-16-10-11-22-18(12-16)13-19(23(28)25-22)15-26(20-7-3-2-4-8-20)24(29)17-6-5-9-21(14-17)27(30)31/h2-14H,15H2,1H3,(H,25,28). The Hall–Kier alpha value is -4.26. The van der Waals surface area contributed by atoms with Crippen LogP contribution in [0.25, 0.3) is 10.9 Å². The number of hydrogen-bond donors (Lipinski definition) is 1. The van der Waals surface area contributed by atoms with Gasteiger partial charge in [-0.05, 0) is 48.7 Å². The average molecular weight is 413 g/mol. The Balaban J connectivity index is 1.78. The van der Waals surface area contributed by atoms with Crippen LogP contribution in [0.4, 0.5) is 11.4 Å². The van der Waals surface area contributed by atoms with E-state index in [-0.39, 0.29) is 23.4 Å². The minimum absolute atomic E-state index is 0.0186. The van der Waals surface area contributed by atoms with E-state index in [1.54, 1.807) is 30.3 Å². The minimum Gasteiger partial charge on any atom is -0.322 e. The Morgan fingerprint density at radius 1 is 1.00 bits per heavy atom. The number of para-hydroxylation sites is 1. The lowest BCUT2D eigenvalue weighted by molar-refractivity contribution is -0.384. The van der Waals surface area contributed by atoms with Crippen molar-refractivity contribution in [2.45, 2.75) is 13.5 Å². The third-order valence-electron chi connectivity index (χ3n) is 5.02. The third-order valence-corrected chi connectivity index (χ3v) is 5.02. The summed E-state index contributed by atoms with van der Waals surface area (Å²) in [6.07, 6.45) is 0. The van der Waals surface area contributed by atoms with Crippen molar-refractivity contribution in [2.24, 2.45) is 0 Å². The number of hydrogen-bond acceptors (Lipinski definition) is 4. The molecule has 0 fully saturated rings. The molecule has 3 aromatic carbocycles. The molecular formula is C24H19N3O4. The molecule has 31 heavy (non-hydrogen) atoms. The van der Waals surface area contributed by atoms with Gasteiger partial charge in [-0.3, -0.25) is 19.7 Å². The summed E-state index contributed by atoms with van der Waals surface area (Å²) in [6.45, 7) is 1.98. The van der Waals surface area contributed by atoms with Crippen LogP contribution >= 0.6 is 0 Å². The predicted molar refractivity (Wildman–Crippen MR) is 119 cm³/mol. The van der Waals surface area contributed by atoms with Crippen molar-refractivity contribution >= 4 is 28.2 Å². The summed E-state index contributed by atoms with van der Waals surface area (Å²) in [7, 11) is 0. The highest BCUT2D eigenvalue weighted by Gasteiger charge is 2.21. The first-order chi connectivity index (χ1) is 14.9. The van der Waals surface area contributed by atoms with Gasteiger partial charge < -0.3 is 9.88 Å². The molecule has 4 rings (SSSR count). The van der Waals surface area contributed by atoms with E-state index in [0.29, 0.717) is 11.3 Å². The number of nitro groups is 1. The number of carbonyl (C=O) groups is 1. The van der Waals surface area contributed by atoms with E-state index in [9.17, 15) is 19.7 Å². The van der Waals surface area contributed by atoms with Crippen molar-refractivity contribution in [2.75, 3.05) is 4.90 Å². The van der Waals surface area contributed by atoms with E-state index < -0.39 is 10.8 Å². The lowest BCUT2D eigenvalue weighted by Gasteiger charge is -2.23. The van der Waals surface area contributed by atoms with Gasteiger partial charge in [0.15, 0.2) is 0 Å². The Bertz CT molecular complexity index is 1350. The van der Waals surface area contributed by atoms with E-state index in [4.69, 9.17) is 0 Å². The molecule has 0 atom stereocenters. The molecule has 1 aromatic heterocycles. The zero-order valence-electron chi connectivity index (χ0n) is 16.7. The van der Waals surface area contributed by atoms with Gasteiger partial charge in [0.05, 0.1) is 11.5 Å². The van der Waals surface area contributed by atoms with Crippen LogP contribution in [0, 0.1) is 17.0 Å². The van der Waals surface area contributed by atoms with Crippen LogP contribution in [0.15, 0.2) is 83.7 Å². The molecule has 4 aromatic rings. The molecule has 0 aliphatic heterocycles. The second-order valence-electron chi connectivity index (χ2n) is 7.25. The summed E-state index contributed by atoms with van der Waals surface area (Å²) in [5.41, 5.74) is 2.49. The normalized spacial score (nSPS) is 10.7. The second-order valence-corrected chi connectivity index (χ2v) is 7.25. The fraction of sp³-hybridized carbons (Fsp3) is 0.0833.